The molecule has 4 N–H and O–H groups in total. The molecular formula is C11H15N3O3. The van der Waals surface area contributed by atoms with Crippen molar-refractivity contribution in [2.24, 2.45) is 5.84 Å². The zero-order valence-electron chi connectivity index (χ0n) is 9.53. The molecule has 17 heavy (non-hydrogen) atoms. The van der Waals surface area contributed by atoms with Crippen LogP contribution < -0.4 is 21.3 Å². The maximum atomic E-state index is 11.5. The third-order valence-electron chi connectivity index (χ3n) is 1.94. The number of ether oxygens (including phenoxy) is 1. The maximum absolute atomic E-state index is 11.5. The summed E-state index contributed by atoms with van der Waals surface area (Å²) in [6.07, 6.45) is -0.322. The van der Waals surface area contributed by atoms with E-state index in [2.05, 4.69) is 5.32 Å². The van der Waals surface area contributed by atoms with Gasteiger partial charge in [0, 0.05) is 0 Å². The van der Waals surface area contributed by atoms with E-state index in [1.54, 1.807) is 24.3 Å². The number of carbonyl (C=O) groups is 2. The molecule has 6 heteroatoms. The van der Waals surface area contributed by atoms with Gasteiger partial charge in [0.2, 0.25) is 11.8 Å². The lowest BCUT2D eigenvalue weighted by Crippen LogP contribution is -2.33. The van der Waals surface area contributed by atoms with Crippen LogP contribution in [0, 0.1) is 0 Å². The van der Waals surface area contributed by atoms with Crippen molar-refractivity contribution in [1.29, 1.82) is 0 Å². The van der Waals surface area contributed by atoms with Gasteiger partial charge in [-0.1, -0.05) is 12.1 Å². The van der Waals surface area contributed by atoms with Gasteiger partial charge in [-0.3, -0.25) is 15.0 Å². The molecule has 6 nitrogen and oxygen atoms in total. The van der Waals surface area contributed by atoms with E-state index < -0.39 is 11.8 Å². The molecule has 0 aromatic heterocycles. The first-order chi connectivity index (χ1) is 8.17. The van der Waals surface area contributed by atoms with Crippen molar-refractivity contribution in [3.63, 3.8) is 0 Å². The maximum Gasteiger partial charge on any atom is 0.243 e. The predicted molar refractivity (Wildman–Crippen MR) is 63.2 cm³/mol. The fourth-order valence-electron chi connectivity index (χ4n) is 1.24. The summed E-state index contributed by atoms with van der Waals surface area (Å²) in [5.41, 5.74) is 2.42. The van der Waals surface area contributed by atoms with Crippen LogP contribution in [-0.4, -0.2) is 18.4 Å². The molecular weight excluding hydrogens is 222 g/mol. The minimum atomic E-state index is -0.545. The molecule has 0 aliphatic carbocycles. The molecule has 0 aliphatic heterocycles. The molecule has 0 saturated heterocycles. The smallest absolute Gasteiger partial charge is 0.243 e. The summed E-state index contributed by atoms with van der Waals surface area (Å²) >= 11 is 0. The van der Waals surface area contributed by atoms with Crippen molar-refractivity contribution in [2.45, 2.75) is 13.3 Å². The average Bonchev–Trinajstić information content (AvgIpc) is 2.31. The van der Waals surface area contributed by atoms with E-state index in [1.807, 2.05) is 12.3 Å². The van der Waals surface area contributed by atoms with E-state index in [1.165, 1.54) is 0 Å². The number of hydrogen-bond donors (Lipinski definition) is 3. The first kappa shape index (κ1) is 13.0. The highest BCUT2D eigenvalue weighted by Gasteiger charge is 2.10. The molecule has 1 aromatic carbocycles. The van der Waals surface area contributed by atoms with Gasteiger partial charge in [0.25, 0.3) is 0 Å². The fourth-order valence-corrected chi connectivity index (χ4v) is 1.24. The van der Waals surface area contributed by atoms with Gasteiger partial charge >= 0.3 is 0 Å². The molecule has 1 aromatic rings. The summed E-state index contributed by atoms with van der Waals surface area (Å²) in [6.45, 7) is 2.34. The third-order valence-corrected chi connectivity index (χ3v) is 1.94. The number of amides is 2. The van der Waals surface area contributed by atoms with Gasteiger partial charge in [0.1, 0.15) is 12.2 Å². The van der Waals surface area contributed by atoms with E-state index in [0.29, 0.717) is 18.0 Å². The van der Waals surface area contributed by atoms with Crippen molar-refractivity contribution in [2.75, 3.05) is 11.9 Å². The minimum Gasteiger partial charge on any atom is -0.492 e. The Labute approximate surface area is 99.1 Å². The van der Waals surface area contributed by atoms with Crippen LogP contribution in [0.3, 0.4) is 0 Å². The molecule has 0 saturated carbocycles. The molecule has 0 heterocycles. The Hall–Kier alpha value is -2.08. The number of rotatable bonds is 5. The lowest BCUT2D eigenvalue weighted by atomic mass is 10.2. The average molecular weight is 237 g/mol. The molecule has 0 radical (unpaired) electrons. The van der Waals surface area contributed by atoms with Gasteiger partial charge in [-0.25, -0.2) is 5.84 Å². The highest BCUT2D eigenvalue weighted by Crippen LogP contribution is 2.23. The van der Waals surface area contributed by atoms with Crippen LogP contribution in [0.2, 0.25) is 0 Å². The molecule has 0 atom stereocenters. The molecule has 0 unspecified atom stereocenters. The second kappa shape index (κ2) is 6.49. The van der Waals surface area contributed by atoms with Crippen molar-refractivity contribution >= 4 is 17.5 Å². The van der Waals surface area contributed by atoms with Crippen LogP contribution in [0.1, 0.15) is 13.3 Å². The second-order valence-electron chi connectivity index (χ2n) is 3.22. The van der Waals surface area contributed by atoms with E-state index in [0.717, 1.165) is 0 Å². The largest absolute Gasteiger partial charge is 0.492 e. The van der Waals surface area contributed by atoms with Gasteiger partial charge in [-0.2, -0.15) is 0 Å². The summed E-state index contributed by atoms with van der Waals surface area (Å²) in [7, 11) is 0. The number of nitrogens with one attached hydrogen (secondary N) is 2. The lowest BCUT2D eigenvalue weighted by Gasteiger charge is -2.10. The third kappa shape index (κ3) is 4.12. The van der Waals surface area contributed by atoms with Crippen molar-refractivity contribution in [3.8, 4) is 5.75 Å². The number of para-hydroxylation sites is 2. The molecule has 92 valence electrons. The van der Waals surface area contributed by atoms with E-state index >= 15 is 0 Å². The summed E-state index contributed by atoms with van der Waals surface area (Å²) in [6, 6.07) is 7.00. The Morgan fingerprint density at radius 3 is 2.65 bits per heavy atom. The van der Waals surface area contributed by atoms with Gasteiger partial charge < -0.3 is 10.1 Å². The van der Waals surface area contributed by atoms with Gasteiger partial charge in [-0.05, 0) is 19.1 Å². The highest BCUT2D eigenvalue weighted by atomic mass is 16.5. The minimum absolute atomic E-state index is 0.322. The number of benzene rings is 1. The summed E-state index contributed by atoms with van der Waals surface area (Å²) in [5, 5.41) is 2.58. The lowest BCUT2D eigenvalue weighted by molar-refractivity contribution is -0.126. The molecule has 0 bridgehead atoms. The fraction of sp³-hybridized carbons (Fsp3) is 0.273. The number of anilines is 1. The Kier molecular flexibility index (Phi) is 4.96. The Bertz CT molecular complexity index is 407. The van der Waals surface area contributed by atoms with Crippen molar-refractivity contribution in [3.05, 3.63) is 24.3 Å². The normalized spacial score (nSPS) is 9.53. The SMILES string of the molecule is CCOc1ccccc1NC(=O)CC(=O)NN. The number of hydrazine groups is 1. The zero-order chi connectivity index (χ0) is 12.7. The van der Waals surface area contributed by atoms with Crippen molar-refractivity contribution < 1.29 is 14.3 Å². The first-order valence-corrected chi connectivity index (χ1v) is 5.18. The van der Waals surface area contributed by atoms with Crippen LogP contribution in [0.5, 0.6) is 5.75 Å². The zero-order valence-corrected chi connectivity index (χ0v) is 9.53. The Morgan fingerprint density at radius 2 is 2.00 bits per heavy atom. The summed E-state index contributed by atoms with van der Waals surface area (Å²) in [4.78, 5) is 22.4. The van der Waals surface area contributed by atoms with Gasteiger partial charge in [0.15, 0.2) is 0 Å². The quantitative estimate of drug-likeness (QED) is 0.299. The molecule has 1 rings (SSSR count). The second-order valence-corrected chi connectivity index (χ2v) is 3.22. The molecule has 0 spiro atoms. The standard InChI is InChI=1S/C11H15N3O3/c1-2-17-9-6-4-3-5-8(9)13-10(15)7-11(16)14-12/h3-6H,2,7,12H2,1H3,(H,13,15)(H,14,16). The Morgan fingerprint density at radius 1 is 1.29 bits per heavy atom. The van der Waals surface area contributed by atoms with Crippen LogP contribution in [0.25, 0.3) is 0 Å². The first-order valence-electron chi connectivity index (χ1n) is 5.18. The molecule has 2 amide bonds. The van der Waals surface area contributed by atoms with Crippen molar-refractivity contribution in [1.82, 2.24) is 5.43 Å². The van der Waals surface area contributed by atoms with Crippen LogP contribution in [-0.2, 0) is 9.59 Å². The number of hydrogen-bond acceptors (Lipinski definition) is 4. The monoisotopic (exact) mass is 237 g/mol. The molecule has 0 fully saturated rings. The van der Waals surface area contributed by atoms with Crippen LogP contribution >= 0.6 is 0 Å². The summed E-state index contributed by atoms with van der Waals surface area (Å²) in [5.74, 6) is 4.46. The Balaban J connectivity index is 2.67. The van der Waals surface area contributed by atoms with Crippen LogP contribution in [0.15, 0.2) is 24.3 Å². The topological polar surface area (TPSA) is 93.4 Å². The number of nitrogens with two attached hydrogens (primary N) is 1. The summed E-state index contributed by atoms with van der Waals surface area (Å²) < 4.78 is 5.33. The highest BCUT2D eigenvalue weighted by molar-refractivity contribution is 6.03. The number of carbonyl (C=O) groups excluding carboxylic acids is 2. The van der Waals surface area contributed by atoms with E-state index in [-0.39, 0.29) is 6.42 Å². The van der Waals surface area contributed by atoms with Gasteiger partial charge in [-0.15, -0.1) is 0 Å². The van der Waals surface area contributed by atoms with Gasteiger partial charge in [0.05, 0.1) is 12.3 Å². The van der Waals surface area contributed by atoms with E-state index in [9.17, 15) is 9.59 Å². The van der Waals surface area contributed by atoms with Crippen LogP contribution in [0.4, 0.5) is 5.69 Å². The predicted octanol–water partition coefficient (Wildman–Crippen LogP) is 0.404. The molecule has 0 aliphatic rings. The van der Waals surface area contributed by atoms with E-state index in [4.69, 9.17) is 10.6 Å².